The minimum Gasteiger partial charge on any atom is -0.441 e. The van der Waals surface area contributed by atoms with Crippen molar-refractivity contribution in [3.63, 3.8) is 0 Å². The van der Waals surface area contributed by atoms with Gasteiger partial charge in [0.2, 0.25) is 0 Å². The SMILES string of the molecule is Cl.N#Cc1ccc2[nH]c([C@H]3CC[C@]4(CC3)CN(c3ccccc3)C(=O)O4)nc2c1. The normalized spacial score (nSPS) is 23.6. The summed E-state index contributed by atoms with van der Waals surface area (Å²) in [5.41, 5.74) is 2.89. The molecule has 1 saturated carbocycles. The van der Waals surface area contributed by atoms with Crippen LogP contribution in [0.15, 0.2) is 48.5 Å². The largest absolute Gasteiger partial charge is 0.441 e. The fourth-order valence-electron chi connectivity index (χ4n) is 4.40. The number of nitrogens with one attached hydrogen (secondary N) is 1. The lowest BCUT2D eigenvalue weighted by molar-refractivity contribution is 0.0208. The second-order valence-electron chi connectivity index (χ2n) is 7.71. The number of carbonyl (C=O) groups is 1. The lowest BCUT2D eigenvalue weighted by Crippen LogP contribution is -2.38. The van der Waals surface area contributed by atoms with Crippen molar-refractivity contribution in [1.29, 1.82) is 5.26 Å². The summed E-state index contributed by atoms with van der Waals surface area (Å²) in [5.74, 6) is 1.28. The van der Waals surface area contributed by atoms with Gasteiger partial charge in [0, 0.05) is 11.6 Å². The first-order valence-electron chi connectivity index (χ1n) is 9.61. The van der Waals surface area contributed by atoms with Gasteiger partial charge in [0.25, 0.3) is 0 Å². The van der Waals surface area contributed by atoms with Crippen LogP contribution in [-0.4, -0.2) is 28.2 Å². The maximum absolute atomic E-state index is 12.4. The third-order valence-electron chi connectivity index (χ3n) is 5.95. The minimum absolute atomic E-state index is 0. The topological polar surface area (TPSA) is 82.0 Å². The zero-order chi connectivity index (χ0) is 19.1. The van der Waals surface area contributed by atoms with Gasteiger partial charge in [-0.15, -0.1) is 12.4 Å². The molecule has 0 radical (unpaired) electrons. The van der Waals surface area contributed by atoms with E-state index in [4.69, 9.17) is 15.0 Å². The molecule has 6 nitrogen and oxygen atoms in total. The van der Waals surface area contributed by atoms with Gasteiger partial charge < -0.3 is 9.72 Å². The average Bonchev–Trinajstić information content (AvgIpc) is 3.29. The molecule has 5 rings (SSSR count). The summed E-state index contributed by atoms with van der Waals surface area (Å²) in [6, 6.07) is 17.4. The molecule has 1 aliphatic carbocycles. The molecule has 1 saturated heterocycles. The van der Waals surface area contributed by atoms with Crippen molar-refractivity contribution in [2.75, 3.05) is 11.4 Å². The Bertz CT molecular complexity index is 1080. The van der Waals surface area contributed by atoms with Crippen LogP contribution in [0.1, 0.15) is 43.0 Å². The molecule has 0 bridgehead atoms. The van der Waals surface area contributed by atoms with Gasteiger partial charge in [-0.1, -0.05) is 18.2 Å². The van der Waals surface area contributed by atoms with E-state index in [0.29, 0.717) is 18.0 Å². The Morgan fingerprint density at radius 2 is 1.93 bits per heavy atom. The summed E-state index contributed by atoms with van der Waals surface area (Å²) in [7, 11) is 0. The van der Waals surface area contributed by atoms with Gasteiger partial charge in [-0.3, -0.25) is 4.90 Å². The number of benzene rings is 2. The number of para-hydroxylation sites is 1. The predicted octanol–water partition coefficient (Wildman–Crippen LogP) is 4.91. The number of H-pyrrole nitrogens is 1. The Morgan fingerprint density at radius 1 is 1.17 bits per heavy atom. The Labute approximate surface area is 174 Å². The average molecular weight is 409 g/mol. The van der Waals surface area contributed by atoms with Gasteiger partial charge in [-0.05, 0) is 56.0 Å². The monoisotopic (exact) mass is 408 g/mol. The zero-order valence-electron chi connectivity index (χ0n) is 15.8. The maximum Gasteiger partial charge on any atom is 0.415 e. The molecule has 1 aromatic heterocycles. The van der Waals surface area contributed by atoms with E-state index in [1.54, 1.807) is 11.0 Å². The van der Waals surface area contributed by atoms with Crippen LogP contribution in [0, 0.1) is 11.3 Å². The molecule has 2 aromatic carbocycles. The summed E-state index contributed by atoms with van der Waals surface area (Å²) in [5, 5.41) is 9.06. The predicted molar refractivity (Wildman–Crippen MR) is 112 cm³/mol. The van der Waals surface area contributed by atoms with Crippen LogP contribution in [0.2, 0.25) is 0 Å². The van der Waals surface area contributed by atoms with E-state index in [-0.39, 0.29) is 18.5 Å². The Kier molecular flexibility index (Phi) is 4.93. The third-order valence-corrected chi connectivity index (χ3v) is 5.95. The fourth-order valence-corrected chi connectivity index (χ4v) is 4.40. The Balaban J connectivity index is 0.00000205. The van der Waals surface area contributed by atoms with Crippen molar-refractivity contribution >= 4 is 35.2 Å². The Morgan fingerprint density at radius 3 is 2.66 bits per heavy atom. The highest BCUT2D eigenvalue weighted by Gasteiger charge is 2.48. The molecule has 3 aromatic rings. The number of anilines is 1. The molecule has 2 heterocycles. The number of aromatic nitrogens is 2. The number of hydrogen-bond donors (Lipinski definition) is 1. The molecular formula is C22H21ClN4O2. The van der Waals surface area contributed by atoms with Crippen LogP contribution in [-0.2, 0) is 4.74 Å². The number of amides is 1. The van der Waals surface area contributed by atoms with Gasteiger partial charge in [-0.2, -0.15) is 5.26 Å². The lowest BCUT2D eigenvalue weighted by atomic mass is 9.78. The number of nitriles is 1. The van der Waals surface area contributed by atoms with Crippen molar-refractivity contribution in [2.24, 2.45) is 0 Å². The summed E-state index contributed by atoms with van der Waals surface area (Å²) in [6.45, 7) is 0.605. The number of aromatic amines is 1. The molecule has 7 heteroatoms. The summed E-state index contributed by atoms with van der Waals surface area (Å²) in [4.78, 5) is 22.3. The van der Waals surface area contributed by atoms with Crippen molar-refractivity contribution < 1.29 is 9.53 Å². The van der Waals surface area contributed by atoms with Crippen LogP contribution in [0.25, 0.3) is 11.0 Å². The highest BCUT2D eigenvalue weighted by Crippen LogP contribution is 2.43. The maximum atomic E-state index is 12.4. The van der Waals surface area contributed by atoms with E-state index >= 15 is 0 Å². The summed E-state index contributed by atoms with van der Waals surface area (Å²) in [6.07, 6.45) is 3.24. The second kappa shape index (κ2) is 7.41. The van der Waals surface area contributed by atoms with Gasteiger partial charge in [-0.25, -0.2) is 9.78 Å². The molecule has 1 spiro atoms. The van der Waals surface area contributed by atoms with Crippen molar-refractivity contribution in [2.45, 2.75) is 37.2 Å². The molecule has 2 aliphatic rings. The van der Waals surface area contributed by atoms with E-state index in [2.05, 4.69) is 11.1 Å². The number of hydrogen-bond acceptors (Lipinski definition) is 4. The second-order valence-corrected chi connectivity index (χ2v) is 7.71. The van der Waals surface area contributed by atoms with Gasteiger partial charge in [0.05, 0.1) is 29.2 Å². The quantitative estimate of drug-likeness (QED) is 0.653. The van der Waals surface area contributed by atoms with Crippen LogP contribution in [0.5, 0.6) is 0 Å². The minimum atomic E-state index is -0.399. The van der Waals surface area contributed by atoms with Crippen LogP contribution < -0.4 is 4.90 Å². The van der Waals surface area contributed by atoms with Crippen molar-refractivity contribution in [1.82, 2.24) is 9.97 Å². The van der Waals surface area contributed by atoms with Gasteiger partial charge in [0.15, 0.2) is 0 Å². The molecule has 2 fully saturated rings. The first-order valence-corrected chi connectivity index (χ1v) is 9.61. The van der Waals surface area contributed by atoms with E-state index in [1.807, 2.05) is 42.5 Å². The van der Waals surface area contributed by atoms with Crippen molar-refractivity contribution in [3.05, 3.63) is 59.9 Å². The van der Waals surface area contributed by atoms with Crippen molar-refractivity contribution in [3.8, 4) is 6.07 Å². The molecule has 29 heavy (non-hydrogen) atoms. The summed E-state index contributed by atoms with van der Waals surface area (Å²) >= 11 is 0. The highest BCUT2D eigenvalue weighted by atomic mass is 35.5. The number of fused-ring (bicyclic) bond motifs is 1. The number of ether oxygens (including phenoxy) is 1. The smallest absolute Gasteiger partial charge is 0.415 e. The number of carbonyl (C=O) groups excluding carboxylic acids is 1. The first-order chi connectivity index (χ1) is 13.7. The molecule has 0 unspecified atom stereocenters. The van der Waals surface area contributed by atoms with E-state index in [1.165, 1.54) is 0 Å². The first kappa shape index (κ1) is 19.3. The number of rotatable bonds is 2. The molecule has 1 aliphatic heterocycles. The molecule has 0 atom stereocenters. The number of halogens is 1. The third kappa shape index (κ3) is 3.43. The van der Waals surface area contributed by atoms with Gasteiger partial charge >= 0.3 is 6.09 Å². The zero-order valence-corrected chi connectivity index (χ0v) is 16.6. The number of nitrogens with zero attached hydrogens (tertiary/aromatic N) is 3. The van der Waals surface area contributed by atoms with E-state index in [9.17, 15) is 4.79 Å². The molecule has 1 N–H and O–H groups in total. The van der Waals surface area contributed by atoms with Crippen LogP contribution in [0.4, 0.5) is 10.5 Å². The van der Waals surface area contributed by atoms with Crippen LogP contribution in [0.3, 0.4) is 0 Å². The standard InChI is InChI=1S/C22H20N4O2.ClH/c23-13-15-6-7-18-19(12-15)25-20(24-18)16-8-10-22(11-9-16)14-26(21(27)28-22)17-4-2-1-3-5-17;/h1-7,12,16H,8-11,14H2,(H,24,25);1H/t16-,22-;. The van der Waals surface area contributed by atoms with E-state index in [0.717, 1.165) is 48.2 Å². The fraction of sp³-hybridized carbons (Fsp3) is 0.318. The summed E-state index contributed by atoms with van der Waals surface area (Å²) < 4.78 is 5.85. The lowest BCUT2D eigenvalue weighted by Gasteiger charge is -2.34. The van der Waals surface area contributed by atoms with Crippen LogP contribution >= 0.6 is 12.4 Å². The van der Waals surface area contributed by atoms with E-state index < -0.39 is 5.60 Å². The van der Waals surface area contributed by atoms with Gasteiger partial charge in [0.1, 0.15) is 11.4 Å². The highest BCUT2D eigenvalue weighted by molar-refractivity contribution is 5.90. The number of imidazole rings is 1. The molecule has 148 valence electrons. The molecular weight excluding hydrogens is 388 g/mol. The Hall–Kier alpha value is -3.04. The molecule has 1 amide bonds.